The summed E-state index contributed by atoms with van der Waals surface area (Å²) in [4.78, 5) is 8.95. The lowest BCUT2D eigenvalue weighted by Gasteiger charge is -2.07. The maximum atomic E-state index is 5.21. The maximum Gasteiger partial charge on any atom is 0.215 e. The number of methoxy groups -OCH3 is 1. The van der Waals surface area contributed by atoms with Crippen molar-refractivity contribution in [2.75, 3.05) is 7.11 Å². The van der Waals surface area contributed by atoms with Gasteiger partial charge in [0, 0.05) is 29.2 Å². The molecule has 4 nitrogen and oxygen atoms in total. The minimum atomic E-state index is 0.600. The van der Waals surface area contributed by atoms with Crippen LogP contribution in [0.2, 0.25) is 0 Å². The first-order valence-electron chi connectivity index (χ1n) is 6.72. The Balaban J connectivity index is 1.94. The summed E-state index contributed by atoms with van der Waals surface area (Å²) >= 11 is 0. The van der Waals surface area contributed by atoms with E-state index in [-0.39, 0.29) is 0 Å². The van der Waals surface area contributed by atoms with Crippen LogP contribution < -0.4 is 4.74 Å². The van der Waals surface area contributed by atoms with Crippen molar-refractivity contribution in [3.05, 3.63) is 60.9 Å². The van der Waals surface area contributed by atoms with Gasteiger partial charge in [-0.05, 0) is 24.3 Å². The molecule has 0 saturated carbocycles. The average molecular weight is 275 g/mol. The Bertz CT molecular complexity index is 943. The SMILES string of the molecule is COc1cc2c(ccn2-c2ccc3ccccc3n2)cn1. The summed E-state index contributed by atoms with van der Waals surface area (Å²) in [5.41, 5.74) is 2.02. The first-order chi connectivity index (χ1) is 10.3. The number of ether oxygens (including phenoxy) is 1. The number of hydrogen-bond acceptors (Lipinski definition) is 3. The molecule has 0 bridgehead atoms. The zero-order valence-corrected chi connectivity index (χ0v) is 11.5. The van der Waals surface area contributed by atoms with Crippen LogP contribution >= 0.6 is 0 Å². The van der Waals surface area contributed by atoms with E-state index in [1.807, 2.05) is 53.4 Å². The van der Waals surface area contributed by atoms with Crippen LogP contribution in [0.5, 0.6) is 5.88 Å². The van der Waals surface area contributed by atoms with Gasteiger partial charge in [-0.15, -0.1) is 0 Å². The number of aromatic nitrogens is 3. The molecular weight excluding hydrogens is 262 g/mol. The second kappa shape index (κ2) is 4.59. The van der Waals surface area contributed by atoms with Crippen molar-refractivity contribution in [3.8, 4) is 11.7 Å². The van der Waals surface area contributed by atoms with Gasteiger partial charge in [0.1, 0.15) is 5.82 Å². The summed E-state index contributed by atoms with van der Waals surface area (Å²) in [6, 6.07) is 16.2. The number of benzene rings is 1. The van der Waals surface area contributed by atoms with Crippen LogP contribution in [0.15, 0.2) is 60.9 Å². The van der Waals surface area contributed by atoms with Gasteiger partial charge in [-0.1, -0.05) is 18.2 Å². The largest absolute Gasteiger partial charge is 0.481 e. The molecule has 3 heterocycles. The molecule has 0 spiro atoms. The maximum absolute atomic E-state index is 5.21. The van der Waals surface area contributed by atoms with Crippen LogP contribution in [0, 0.1) is 0 Å². The van der Waals surface area contributed by atoms with Crippen molar-refractivity contribution >= 4 is 21.8 Å². The number of nitrogens with zero attached hydrogens (tertiary/aromatic N) is 3. The molecule has 0 fully saturated rings. The highest BCUT2D eigenvalue weighted by atomic mass is 16.5. The van der Waals surface area contributed by atoms with E-state index >= 15 is 0 Å². The molecule has 0 unspecified atom stereocenters. The summed E-state index contributed by atoms with van der Waals surface area (Å²) in [7, 11) is 1.62. The number of hydrogen-bond donors (Lipinski definition) is 0. The minimum absolute atomic E-state index is 0.600. The molecule has 0 aliphatic rings. The van der Waals surface area contributed by atoms with Crippen molar-refractivity contribution in [2.45, 2.75) is 0 Å². The summed E-state index contributed by atoms with van der Waals surface area (Å²) in [5, 5.41) is 2.20. The minimum Gasteiger partial charge on any atom is -0.481 e. The predicted octanol–water partition coefficient (Wildman–Crippen LogP) is 3.58. The van der Waals surface area contributed by atoms with E-state index in [2.05, 4.69) is 17.1 Å². The Kier molecular flexibility index (Phi) is 2.60. The second-order valence-corrected chi connectivity index (χ2v) is 4.83. The number of pyridine rings is 2. The lowest BCUT2D eigenvalue weighted by molar-refractivity contribution is 0.398. The molecule has 4 heteroatoms. The van der Waals surface area contributed by atoms with E-state index in [4.69, 9.17) is 9.72 Å². The van der Waals surface area contributed by atoms with Gasteiger partial charge in [-0.25, -0.2) is 9.97 Å². The van der Waals surface area contributed by atoms with Crippen molar-refractivity contribution in [1.82, 2.24) is 14.5 Å². The molecule has 0 amide bonds. The van der Waals surface area contributed by atoms with Gasteiger partial charge in [-0.2, -0.15) is 0 Å². The van der Waals surface area contributed by atoms with Crippen LogP contribution in [0.25, 0.3) is 27.6 Å². The zero-order chi connectivity index (χ0) is 14.2. The van der Waals surface area contributed by atoms with Crippen LogP contribution in [-0.2, 0) is 0 Å². The Morgan fingerprint density at radius 1 is 1.00 bits per heavy atom. The number of rotatable bonds is 2. The molecule has 21 heavy (non-hydrogen) atoms. The van der Waals surface area contributed by atoms with E-state index in [0.29, 0.717) is 5.88 Å². The molecule has 0 aliphatic carbocycles. The third-order valence-corrected chi connectivity index (χ3v) is 3.59. The third-order valence-electron chi connectivity index (χ3n) is 3.59. The van der Waals surface area contributed by atoms with Crippen molar-refractivity contribution in [1.29, 1.82) is 0 Å². The first kappa shape index (κ1) is 11.9. The Morgan fingerprint density at radius 3 is 2.81 bits per heavy atom. The van der Waals surface area contributed by atoms with Crippen molar-refractivity contribution in [2.24, 2.45) is 0 Å². The monoisotopic (exact) mass is 275 g/mol. The molecule has 0 N–H and O–H groups in total. The lowest BCUT2D eigenvalue weighted by atomic mass is 10.2. The number of para-hydroxylation sites is 1. The van der Waals surface area contributed by atoms with E-state index in [1.165, 1.54) is 0 Å². The fourth-order valence-corrected chi connectivity index (χ4v) is 2.51. The summed E-state index contributed by atoms with van der Waals surface area (Å²) < 4.78 is 7.26. The predicted molar refractivity (Wildman–Crippen MR) is 82.9 cm³/mol. The average Bonchev–Trinajstić information content (AvgIpc) is 2.97. The van der Waals surface area contributed by atoms with Gasteiger partial charge in [0.05, 0.1) is 18.1 Å². The van der Waals surface area contributed by atoms with Gasteiger partial charge >= 0.3 is 0 Å². The van der Waals surface area contributed by atoms with Crippen LogP contribution in [0.4, 0.5) is 0 Å². The highest BCUT2D eigenvalue weighted by Crippen LogP contribution is 2.23. The molecule has 0 saturated heterocycles. The first-order valence-corrected chi connectivity index (χ1v) is 6.72. The topological polar surface area (TPSA) is 39.9 Å². The highest BCUT2D eigenvalue weighted by molar-refractivity contribution is 5.83. The van der Waals surface area contributed by atoms with Gasteiger partial charge in [-0.3, -0.25) is 0 Å². The molecule has 4 rings (SSSR count). The highest BCUT2D eigenvalue weighted by Gasteiger charge is 2.07. The molecule has 3 aromatic heterocycles. The van der Waals surface area contributed by atoms with Crippen LogP contribution in [0.1, 0.15) is 0 Å². The molecule has 0 atom stereocenters. The van der Waals surface area contributed by atoms with Gasteiger partial charge in [0.2, 0.25) is 5.88 Å². The molecular formula is C17H13N3O. The Morgan fingerprint density at radius 2 is 1.90 bits per heavy atom. The zero-order valence-electron chi connectivity index (χ0n) is 11.5. The normalized spacial score (nSPS) is 11.1. The van der Waals surface area contributed by atoms with Gasteiger partial charge in [0.25, 0.3) is 0 Å². The molecule has 4 aromatic rings. The van der Waals surface area contributed by atoms with Crippen molar-refractivity contribution < 1.29 is 4.74 Å². The quantitative estimate of drug-likeness (QED) is 0.561. The Hall–Kier alpha value is -2.88. The smallest absolute Gasteiger partial charge is 0.215 e. The van der Waals surface area contributed by atoms with Crippen LogP contribution in [0.3, 0.4) is 0 Å². The van der Waals surface area contributed by atoms with Gasteiger partial charge < -0.3 is 9.30 Å². The molecule has 0 radical (unpaired) electrons. The van der Waals surface area contributed by atoms with E-state index < -0.39 is 0 Å². The summed E-state index contributed by atoms with van der Waals surface area (Å²) in [5.74, 6) is 1.49. The van der Waals surface area contributed by atoms with Gasteiger partial charge in [0.15, 0.2) is 0 Å². The fourth-order valence-electron chi connectivity index (χ4n) is 2.51. The number of fused-ring (bicyclic) bond motifs is 2. The molecule has 1 aromatic carbocycles. The third kappa shape index (κ3) is 1.92. The summed E-state index contributed by atoms with van der Waals surface area (Å²) in [6.07, 6.45) is 3.81. The molecule has 102 valence electrons. The second-order valence-electron chi connectivity index (χ2n) is 4.83. The molecule has 0 aliphatic heterocycles. The lowest BCUT2D eigenvalue weighted by Crippen LogP contribution is -1.96. The van der Waals surface area contributed by atoms with Crippen LogP contribution in [-0.4, -0.2) is 21.6 Å². The summed E-state index contributed by atoms with van der Waals surface area (Å²) in [6.45, 7) is 0. The van der Waals surface area contributed by atoms with E-state index in [1.54, 1.807) is 7.11 Å². The Labute approximate surface area is 121 Å². The van der Waals surface area contributed by atoms with Crippen molar-refractivity contribution in [3.63, 3.8) is 0 Å². The standard InChI is InChI=1S/C17H13N3O/c1-21-17-10-15-13(11-18-17)8-9-20(15)16-7-6-12-4-2-3-5-14(12)19-16/h2-11H,1H3. The van der Waals surface area contributed by atoms with E-state index in [9.17, 15) is 0 Å². The van der Waals surface area contributed by atoms with E-state index in [0.717, 1.165) is 27.6 Å². The fraction of sp³-hybridized carbons (Fsp3) is 0.0588.